The lowest BCUT2D eigenvalue weighted by molar-refractivity contribution is 0.475. The van der Waals surface area contributed by atoms with Gasteiger partial charge < -0.3 is 5.11 Å². The smallest absolute Gasteiger partial charge is 0.115 e. The van der Waals surface area contributed by atoms with E-state index in [-0.39, 0.29) is 0 Å². The third-order valence-corrected chi connectivity index (χ3v) is 1.90. The average Bonchev–Trinajstić information content (AvgIpc) is 2.09. The van der Waals surface area contributed by atoms with E-state index in [2.05, 4.69) is 13.5 Å². The van der Waals surface area contributed by atoms with E-state index in [0.717, 1.165) is 6.42 Å². The maximum absolute atomic E-state index is 9.03. The van der Waals surface area contributed by atoms with Crippen molar-refractivity contribution in [3.8, 4) is 5.75 Å². The number of allylic oxidation sites excluding steroid dienone is 1. The second-order valence-corrected chi connectivity index (χ2v) is 3.08. The van der Waals surface area contributed by atoms with Gasteiger partial charge in [-0.05, 0) is 30.0 Å². The molecule has 0 saturated heterocycles. The zero-order valence-corrected chi connectivity index (χ0v) is 7.33. The second-order valence-electron chi connectivity index (χ2n) is 3.08. The number of benzene rings is 1. The number of hydrogen-bond donors (Lipinski definition) is 1. The van der Waals surface area contributed by atoms with Crippen molar-refractivity contribution in [2.45, 2.75) is 13.3 Å². The van der Waals surface area contributed by atoms with Crippen molar-refractivity contribution in [1.29, 1.82) is 0 Å². The minimum atomic E-state index is 0.324. The molecule has 0 aliphatic rings. The Labute approximate surface area is 73.4 Å². The van der Waals surface area contributed by atoms with Crippen molar-refractivity contribution in [3.63, 3.8) is 0 Å². The van der Waals surface area contributed by atoms with Gasteiger partial charge in [0.25, 0.3) is 0 Å². The van der Waals surface area contributed by atoms with Crippen molar-refractivity contribution < 1.29 is 5.11 Å². The molecule has 0 saturated carbocycles. The summed E-state index contributed by atoms with van der Waals surface area (Å²) in [6, 6.07) is 7.31. The van der Waals surface area contributed by atoms with Crippen LogP contribution in [0.1, 0.15) is 12.5 Å². The molecule has 1 heteroatoms. The standard InChI is InChI=1S/C11H14O/c1-3-9(2)8-10-4-6-11(12)7-5-10/h3-7,9,12H,1,8H2,2H3. The van der Waals surface area contributed by atoms with Crippen LogP contribution in [0.5, 0.6) is 5.75 Å². The Balaban J connectivity index is 2.64. The maximum atomic E-state index is 9.03. The van der Waals surface area contributed by atoms with E-state index in [1.165, 1.54) is 5.56 Å². The van der Waals surface area contributed by atoms with Gasteiger partial charge in [0.05, 0.1) is 0 Å². The van der Waals surface area contributed by atoms with Gasteiger partial charge in [-0.1, -0.05) is 25.1 Å². The molecule has 1 aromatic rings. The van der Waals surface area contributed by atoms with Crippen LogP contribution in [0.15, 0.2) is 36.9 Å². The van der Waals surface area contributed by atoms with Crippen molar-refractivity contribution in [3.05, 3.63) is 42.5 Å². The summed E-state index contributed by atoms with van der Waals surface area (Å²) in [4.78, 5) is 0. The van der Waals surface area contributed by atoms with Crippen LogP contribution in [0, 0.1) is 5.92 Å². The Hall–Kier alpha value is -1.24. The molecule has 1 nitrogen and oxygen atoms in total. The van der Waals surface area contributed by atoms with E-state index in [1.807, 2.05) is 18.2 Å². The third kappa shape index (κ3) is 2.42. The van der Waals surface area contributed by atoms with E-state index in [1.54, 1.807) is 12.1 Å². The lowest BCUT2D eigenvalue weighted by Crippen LogP contribution is -1.94. The molecule has 0 aromatic heterocycles. The lowest BCUT2D eigenvalue weighted by Gasteiger charge is -2.04. The minimum Gasteiger partial charge on any atom is -0.508 e. The largest absolute Gasteiger partial charge is 0.508 e. The molecule has 0 aliphatic carbocycles. The Morgan fingerprint density at radius 3 is 2.50 bits per heavy atom. The molecule has 0 radical (unpaired) electrons. The SMILES string of the molecule is C=CC(C)Cc1ccc(O)cc1. The van der Waals surface area contributed by atoms with Crippen molar-refractivity contribution >= 4 is 0 Å². The molecular formula is C11H14O. The minimum absolute atomic E-state index is 0.324. The lowest BCUT2D eigenvalue weighted by atomic mass is 10.0. The summed E-state index contributed by atoms with van der Waals surface area (Å²) in [5.74, 6) is 0.819. The first-order valence-corrected chi connectivity index (χ1v) is 4.13. The highest BCUT2D eigenvalue weighted by molar-refractivity contribution is 5.26. The average molecular weight is 162 g/mol. The zero-order chi connectivity index (χ0) is 8.97. The first kappa shape index (κ1) is 8.85. The molecule has 0 heterocycles. The fraction of sp³-hybridized carbons (Fsp3) is 0.273. The number of aromatic hydroxyl groups is 1. The van der Waals surface area contributed by atoms with Crippen LogP contribution in [0.2, 0.25) is 0 Å². The number of rotatable bonds is 3. The van der Waals surface area contributed by atoms with E-state index >= 15 is 0 Å². The Morgan fingerprint density at radius 1 is 1.42 bits per heavy atom. The normalized spacial score (nSPS) is 12.4. The number of hydrogen-bond acceptors (Lipinski definition) is 1. The molecule has 1 unspecified atom stereocenters. The van der Waals surface area contributed by atoms with E-state index in [0.29, 0.717) is 11.7 Å². The predicted octanol–water partition coefficient (Wildman–Crippen LogP) is 2.76. The van der Waals surface area contributed by atoms with E-state index < -0.39 is 0 Å². The van der Waals surface area contributed by atoms with Crippen LogP contribution in [0.3, 0.4) is 0 Å². The van der Waals surface area contributed by atoms with Crippen molar-refractivity contribution in [2.24, 2.45) is 5.92 Å². The predicted molar refractivity (Wildman–Crippen MR) is 51.2 cm³/mol. The van der Waals surface area contributed by atoms with Crippen LogP contribution in [-0.4, -0.2) is 5.11 Å². The molecule has 1 aromatic carbocycles. The highest BCUT2D eigenvalue weighted by Gasteiger charge is 1.98. The van der Waals surface area contributed by atoms with Crippen LogP contribution >= 0.6 is 0 Å². The van der Waals surface area contributed by atoms with Crippen LogP contribution in [0.25, 0.3) is 0 Å². The van der Waals surface area contributed by atoms with Crippen molar-refractivity contribution in [1.82, 2.24) is 0 Å². The van der Waals surface area contributed by atoms with Gasteiger partial charge in [0, 0.05) is 0 Å². The summed E-state index contributed by atoms with van der Waals surface area (Å²) in [5, 5.41) is 9.03. The monoisotopic (exact) mass is 162 g/mol. The van der Waals surface area contributed by atoms with Gasteiger partial charge in [-0.3, -0.25) is 0 Å². The molecule has 0 aliphatic heterocycles. The molecule has 64 valence electrons. The fourth-order valence-corrected chi connectivity index (χ4v) is 1.09. The van der Waals surface area contributed by atoms with Gasteiger partial charge >= 0.3 is 0 Å². The summed E-state index contributed by atoms with van der Waals surface area (Å²) in [5.41, 5.74) is 1.24. The van der Waals surface area contributed by atoms with Crippen molar-refractivity contribution in [2.75, 3.05) is 0 Å². The van der Waals surface area contributed by atoms with Gasteiger partial charge in [0.15, 0.2) is 0 Å². The van der Waals surface area contributed by atoms with Crippen LogP contribution < -0.4 is 0 Å². The summed E-state index contributed by atoms with van der Waals surface area (Å²) in [7, 11) is 0. The van der Waals surface area contributed by atoms with Crippen LogP contribution in [-0.2, 0) is 6.42 Å². The third-order valence-electron chi connectivity index (χ3n) is 1.90. The zero-order valence-electron chi connectivity index (χ0n) is 7.33. The second kappa shape index (κ2) is 3.96. The van der Waals surface area contributed by atoms with E-state index in [4.69, 9.17) is 5.11 Å². The molecule has 1 atom stereocenters. The molecule has 0 fully saturated rings. The Kier molecular flexibility index (Phi) is 2.92. The molecule has 0 amide bonds. The maximum Gasteiger partial charge on any atom is 0.115 e. The van der Waals surface area contributed by atoms with Gasteiger partial charge in [0.2, 0.25) is 0 Å². The quantitative estimate of drug-likeness (QED) is 0.677. The molecule has 1 N–H and O–H groups in total. The Morgan fingerprint density at radius 2 is 2.00 bits per heavy atom. The highest BCUT2D eigenvalue weighted by atomic mass is 16.3. The van der Waals surface area contributed by atoms with Gasteiger partial charge in [0.1, 0.15) is 5.75 Å². The van der Waals surface area contributed by atoms with Gasteiger partial charge in [-0.25, -0.2) is 0 Å². The number of phenols is 1. The molecule has 12 heavy (non-hydrogen) atoms. The summed E-state index contributed by atoms with van der Waals surface area (Å²) < 4.78 is 0. The van der Waals surface area contributed by atoms with Gasteiger partial charge in [-0.15, -0.1) is 6.58 Å². The first-order chi connectivity index (χ1) is 5.72. The topological polar surface area (TPSA) is 20.2 Å². The number of phenolic OH excluding ortho intramolecular Hbond substituents is 1. The molecule has 0 spiro atoms. The summed E-state index contributed by atoms with van der Waals surface area (Å²) in [6.07, 6.45) is 2.93. The molecular weight excluding hydrogens is 148 g/mol. The first-order valence-electron chi connectivity index (χ1n) is 4.13. The summed E-state index contributed by atoms with van der Waals surface area (Å²) in [6.45, 7) is 5.85. The fourth-order valence-electron chi connectivity index (χ4n) is 1.09. The molecule has 0 bridgehead atoms. The van der Waals surface area contributed by atoms with E-state index in [9.17, 15) is 0 Å². The summed E-state index contributed by atoms with van der Waals surface area (Å²) >= 11 is 0. The van der Waals surface area contributed by atoms with Gasteiger partial charge in [-0.2, -0.15) is 0 Å². The van der Waals surface area contributed by atoms with Crippen LogP contribution in [0.4, 0.5) is 0 Å². The highest BCUT2D eigenvalue weighted by Crippen LogP contribution is 2.13. The molecule has 1 rings (SSSR count). The Bertz CT molecular complexity index is 248.